The summed E-state index contributed by atoms with van der Waals surface area (Å²) < 4.78 is 18.2. The molecule has 0 aliphatic carbocycles. The Hall–Kier alpha value is -2.87. The maximum absolute atomic E-state index is 5.72. The van der Waals surface area contributed by atoms with Crippen molar-refractivity contribution in [3.8, 4) is 11.5 Å². The van der Waals surface area contributed by atoms with Gasteiger partial charge in [-0.05, 0) is 43.4 Å². The van der Waals surface area contributed by atoms with E-state index >= 15 is 0 Å². The van der Waals surface area contributed by atoms with E-state index in [1.807, 2.05) is 37.3 Å². The Labute approximate surface area is 143 Å². The number of hydrogen-bond acceptors (Lipinski definition) is 6. The molecule has 0 aliphatic rings. The molecule has 0 atom stereocenters. The van der Waals surface area contributed by atoms with Crippen LogP contribution in [0.25, 0.3) is 0 Å². The molecule has 0 amide bonds. The van der Waals surface area contributed by atoms with Crippen molar-refractivity contribution in [3.63, 3.8) is 0 Å². The van der Waals surface area contributed by atoms with Gasteiger partial charge in [0, 0.05) is 6.07 Å². The first-order valence-corrected chi connectivity index (χ1v) is 7.60. The summed E-state index contributed by atoms with van der Waals surface area (Å²) >= 11 is 5.19. The molecule has 2 aromatic heterocycles. The summed E-state index contributed by atoms with van der Waals surface area (Å²) in [6, 6.07) is 11.0. The lowest BCUT2D eigenvalue weighted by Gasteiger charge is -2.06. The van der Waals surface area contributed by atoms with Gasteiger partial charge in [-0.15, -0.1) is 0 Å². The Kier molecular flexibility index (Phi) is 4.76. The van der Waals surface area contributed by atoms with Crippen LogP contribution < -0.4 is 9.47 Å². The van der Waals surface area contributed by atoms with Gasteiger partial charge < -0.3 is 13.9 Å². The average Bonchev–Trinajstić information content (AvgIpc) is 3.17. The molecular weight excluding hydrogens is 328 g/mol. The van der Waals surface area contributed by atoms with Gasteiger partial charge in [0.25, 0.3) is 0 Å². The summed E-state index contributed by atoms with van der Waals surface area (Å²) in [7, 11) is 1.61. The standard InChI is InChI=1S/C16H16N4O3S/c1-11-6-7-14(23-11)9-17-20-15(18-19-16(20)24)10-22-13-5-3-4-12(8-13)21-2/h3-9H,10H2,1-2H3,(H,19,24)/b17-9-. The first-order chi connectivity index (χ1) is 11.7. The molecule has 24 heavy (non-hydrogen) atoms. The van der Waals surface area contributed by atoms with Crippen molar-refractivity contribution in [1.29, 1.82) is 0 Å². The molecule has 0 saturated carbocycles. The number of nitrogens with zero attached hydrogens (tertiary/aromatic N) is 3. The summed E-state index contributed by atoms with van der Waals surface area (Å²) in [5.74, 6) is 3.38. The van der Waals surface area contributed by atoms with Crippen LogP contribution in [0.4, 0.5) is 0 Å². The van der Waals surface area contributed by atoms with E-state index < -0.39 is 0 Å². The Bertz CT molecular complexity index is 910. The van der Waals surface area contributed by atoms with Gasteiger partial charge in [0.1, 0.15) is 29.6 Å². The number of ether oxygens (including phenoxy) is 2. The van der Waals surface area contributed by atoms with Crippen LogP contribution in [0.2, 0.25) is 0 Å². The van der Waals surface area contributed by atoms with E-state index in [0.717, 1.165) is 11.5 Å². The predicted octanol–water partition coefficient (Wildman–Crippen LogP) is 3.31. The summed E-state index contributed by atoms with van der Waals surface area (Å²) in [4.78, 5) is 0. The topological polar surface area (TPSA) is 77.6 Å². The van der Waals surface area contributed by atoms with E-state index in [1.165, 1.54) is 4.68 Å². The van der Waals surface area contributed by atoms with Gasteiger partial charge in [0.15, 0.2) is 5.82 Å². The third-order valence-corrected chi connectivity index (χ3v) is 3.45. The molecule has 0 unspecified atom stereocenters. The maximum atomic E-state index is 5.72. The number of aryl methyl sites for hydroxylation is 1. The lowest BCUT2D eigenvalue weighted by Crippen LogP contribution is -2.04. The fourth-order valence-corrected chi connectivity index (χ4v) is 2.21. The first kappa shape index (κ1) is 16.0. The summed E-state index contributed by atoms with van der Waals surface area (Å²) in [5, 5.41) is 11.1. The molecule has 7 nitrogen and oxygen atoms in total. The predicted molar refractivity (Wildman–Crippen MR) is 91.2 cm³/mol. The van der Waals surface area contributed by atoms with Crippen LogP contribution in [0.5, 0.6) is 11.5 Å². The number of rotatable bonds is 6. The monoisotopic (exact) mass is 344 g/mol. The number of H-pyrrole nitrogens is 1. The Morgan fingerprint density at radius 1 is 1.33 bits per heavy atom. The third kappa shape index (κ3) is 3.72. The van der Waals surface area contributed by atoms with E-state index in [9.17, 15) is 0 Å². The second-order valence-electron chi connectivity index (χ2n) is 4.92. The van der Waals surface area contributed by atoms with Gasteiger partial charge >= 0.3 is 0 Å². The van der Waals surface area contributed by atoms with Crippen molar-refractivity contribution in [2.24, 2.45) is 5.10 Å². The largest absolute Gasteiger partial charge is 0.497 e. The summed E-state index contributed by atoms with van der Waals surface area (Å²) in [5.41, 5.74) is 0. The van der Waals surface area contributed by atoms with E-state index in [4.69, 9.17) is 26.1 Å². The molecule has 3 rings (SSSR count). The molecule has 0 radical (unpaired) electrons. The van der Waals surface area contributed by atoms with Gasteiger partial charge in [0.2, 0.25) is 4.77 Å². The molecule has 124 valence electrons. The van der Waals surface area contributed by atoms with Crippen LogP contribution in [-0.2, 0) is 6.61 Å². The lowest BCUT2D eigenvalue weighted by atomic mass is 10.3. The van der Waals surface area contributed by atoms with Gasteiger partial charge in [-0.2, -0.15) is 14.9 Å². The molecule has 0 spiro atoms. The van der Waals surface area contributed by atoms with Gasteiger partial charge in [-0.1, -0.05) is 6.07 Å². The minimum atomic E-state index is 0.203. The molecule has 0 fully saturated rings. The zero-order chi connectivity index (χ0) is 16.9. The van der Waals surface area contributed by atoms with E-state index in [1.54, 1.807) is 19.4 Å². The SMILES string of the molecule is COc1cccc(OCc2n[nH]c(=S)n2/N=C\c2ccc(C)o2)c1. The van der Waals surface area contributed by atoms with Crippen molar-refractivity contribution in [3.05, 3.63) is 58.5 Å². The normalized spacial score (nSPS) is 11.1. The number of benzene rings is 1. The molecule has 1 N–H and O–H groups in total. The van der Waals surface area contributed by atoms with Crippen LogP contribution in [0.15, 0.2) is 45.9 Å². The highest BCUT2D eigenvalue weighted by atomic mass is 32.1. The number of aromatic nitrogens is 3. The number of methoxy groups -OCH3 is 1. The van der Waals surface area contributed by atoms with E-state index in [2.05, 4.69) is 15.3 Å². The molecule has 0 aliphatic heterocycles. The Morgan fingerprint density at radius 2 is 2.17 bits per heavy atom. The van der Waals surface area contributed by atoms with Crippen molar-refractivity contribution >= 4 is 18.4 Å². The van der Waals surface area contributed by atoms with Crippen molar-refractivity contribution in [1.82, 2.24) is 14.9 Å². The average molecular weight is 344 g/mol. The smallest absolute Gasteiger partial charge is 0.216 e. The van der Waals surface area contributed by atoms with Crippen LogP contribution in [-0.4, -0.2) is 28.2 Å². The summed E-state index contributed by atoms with van der Waals surface area (Å²) in [6.07, 6.45) is 1.58. The van der Waals surface area contributed by atoms with Crippen molar-refractivity contribution in [2.75, 3.05) is 7.11 Å². The third-order valence-electron chi connectivity index (χ3n) is 3.19. The van der Waals surface area contributed by atoms with E-state index in [-0.39, 0.29) is 6.61 Å². The van der Waals surface area contributed by atoms with Crippen LogP contribution in [0.3, 0.4) is 0 Å². The molecule has 0 saturated heterocycles. The van der Waals surface area contributed by atoms with Crippen LogP contribution in [0, 0.1) is 11.7 Å². The number of hydrogen-bond donors (Lipinski definition) is 1. The summed E-state index contributed by atoms with van der Waals surface area (Å²) in [6.45, 7) is 2.07. The molecule has 3 aromatic rings. The number of nitrogens with one attached hydrogen (secondary N) is 1. The highest BCUT2D eigenvalue weighted by Crippen LogP contribution is 2.19. The van der Waals surface area contributed by atoms with Gasteiger partial charge in [-0.25, -0.2) is 5.10 Å². The Morgan fingerprint density at radius 3 is 2.92 bits per heavy atom. The van der Waals surface area contributed by atoms with Gasteiger partial charge in [-0.3, -0.25) is 0 Å². The Balaban J connectivity index is 1.74. The first-order valence-electron chi connectivity index (χ1n) is 7.19. The quantitative estimate of drug-likeness (QED) is 0.548. The minimum absolute atomic E-state index is 0.203. The molecular formula is C16H16N4O3S. The van der Waals surface area contributed by atoms with Crippen molar-refractivity contribution < 1.29 is 13.9 Å². The second kappa shape index (κ2) is 7.14. The molecule has 2 heterocycles. The fourth-order valence-electron chi connectivity index (χ4n) is 2.01. The maximum Gasteiger partial charge on any atom is 0.216 e. The fraction of sp³-hybridized carbons (Fsp3) is 0.188. The molecule has 1 aromatic carbocycles. The zero-order valence-electron chi connectivity index (χ0n) is 13.2. The highest BCUT2D eigenvalue weighted by Gasteiger charge is 2.07. The van der Waals surface area contributed by atoms with E-state index in [0.29, 0.717) is 22.1 Å². The molecule has 8 heteroatoms. The zero-order valence-corrected chi connectivity index (χ0v) is 14.0. The second-order valence-corrected chi connectivity index (χ2v) is 5.30. The lowest BCUT2D eigenvalue weighted by molar-refractivity contribution is 0.288. The van der Waals surface area contributed by atoms with Gasteiger partial charge in [0.05, 0.1) is 13.3 Å². The molecule has 0 bridgehead atoms. The van der Waals surface area contributed by atoms with Crippen LogP contribution in [0.1, 0.15) is 17.3 Å². The number of furan rings is 1. The number of aromatic amines is 1. The van der Waals surface area contributed by atoms with Crippen LogP contribution >= 0.6 is 12.2 Å². The van der Waals surface area contributed by atoms with Crippen molar-refractivity contribution in [2.45, 2.75) is 13.5 Å². The highest BCUT2D eigenvalue weighted by molar-refractivity contribution is 7.71. The minimum Gasteiger partial charge on any atom is -0.497 e.